The van der Waals surface area contributed by atoms with Crippen molar-refractivity contribution in [2.24, 2.45) is 11.8 Å². The predicted octanol–water partition coefficient (Wildman–Crippen LogP) is 4.68. The Morgan fingerprint density at radius 3 is 2.33 bits per heavy atom. The molecule has 5 heterocycles. The number of nitrogens with zero attached hydrogens (tertiary/aromatic N) is 6. The van der Waals surface area contributed by atoms with Gasteiger partial charge in [-0.2, -0.15) is 23.0 Å². The lowest BCUT2D eigenvalue weighted by molar-refractivity contribution is -0.184. The molecule has 0 spiro atoms. The normalized spacial score (nSPS) is 20.5. The van der Waals surface area contributed by atoms with Crippen molar-refractivity contribution >= 4 is 29.2 Å². The molecule has 3 atom stereocenters. The summed E-state index contributed by atoms with van der Waals surface area (Å²) in [6, 6.07) is 9.66. The maximum Gasteiger partial charge on any atom is 0.408 e. The van der Waals surface area contributed by atoms with E-state index in [1.54, 1.807) is 18.3 Å². The molecule has 13 heteroatoms. The third kappa shape index (κ3) is 4.53. The Bertz CT molecular complexity index is 1550. The van der Waals surface area contributed by atoms with Crippen LogP contribution in [-0.4, -0.2) is 78.4 Å². The molecule has 6 rings (SSSR count). The zero-order valence-electron chi connectivity index (χ0n) is 20.3. The Hall–Kier alpha value is -3.90. The maximum absolute atomic E-state index is 14.4. The van der Waals surface area contributed by atoms with Crippen molar-refractivity contribution in [1.82, 2.24) is 29.0 Å². The first-order chi connectivity index (χ1) is 18.6. The van der Waals surface area contributed by atoms with Crippen LogP contribution < -0.4 is 0 Å². The van der Waals surface area contributed by atoms with Gasteiger partial charge < -0.3 is 10.0 Å². The van der Waals surface area contributed by atoms with Gasteiger partial charge in [0.1, 0.15) is 11.7 Å². The zero-order valence-corrected chi connectivity index (χ0v) is 21.0. The lowest BCUT2D eigenvalue weighted by Crippen LogP contribution is -2.40. The van der Waals surface area contributed by atoms with Crippen molar-refractivity contribution in [3.05, 3.63) is 77.3 Å². The fourth-order valence-corrected chi connectivity index (χ4v) is 5.94. The number of rotatable bonds is 4. The number of carbonyl (C=O) groups is 2. The minimum absolute atomic E-state index is 0.152. The van der Waals surface area contributed by atoms with Crippen LogP contribution in [0.2, 0.25) is 5.02 Å². The van der Waals surface area contributed by atoms with E-state index in [-0.39, 0.29) is 48.6 Å². The van der Waals surface area contributed by atoms with Crippen LogP contribution in [0.15, 0.2) is 61.1 Å². The van der Waals surface area contributed by atoms with Crippen LogP contribution >= 0.6 is 11.6 Å². The van der Waals surface area contributed by atoms with E-state index in [0.29, 0.717) is 0 Å². The van der Waals surface area contributed by atoms with E-state index < -0.39 is 29.9 Å². The average molecular weight is 559 g/mol. The van der Waals surface area contributed by atoms with E-state index in [0.717, 1.165) is 27.8 Å². The number of alkyl halides is 3. The number of carbonyl (C=O) groups excluding carboxylic acids is 1. The molecule has 2 fully saturated rings. The molecule has 3 aromatic heterocycles. The number of hydrogen-bond donors (Lipinski definition) is 1. The quantitative estimate of drug-likeness (QED) is 0.391. The minimum atomic E-state index is -4.49. The van der Waals surface area contributed by atoms with Gasteiger partial charge in [0.05, 0.1) is 23.1 Å². The number of carboxylic acid groups (broad SMARTS) is 1. The number of carboxylic acids is 1. The smallest absolute Gasteiger partial charge is 0.408 e. The number of imidazole rings is 1. The fourth-order valence-electron chi connectivity index (χ4n) is 5.73. The second-order valence-corrected chi connectivity index (χ2v) is 10.3. The molecule has 0 saturated carbocycles. The molecule has 39 heavy (non-hydrogen) atoms. The lowest BCUT2D eigenvalue weighted by atomic mass is 10.0. The topological polar surface area (TPSA) is 96.0 Å². The molecule has 1 amide bonds. The number of hydrogen-bond acceptors (Lipinski definition) is 5. The highest BCUT2D eigenvalue weighted by atomic mass is 35.5. The Morgan fingerprint density at radius 1 is 1.03 bits per heavy atom. The van der Waals surface area contributed by atoms with Gasteiger partial charge in [0.25, 0.3) is 0 Å². The number of amides is 1. The number of likely N-dealkylation sites (tertiary alicyclic amines) is 2. The molecule has 2 aliphatic rings. The van der Waals surface area contributed by atoms with E-state index in [1.165, 1.54) is 21.9 Å². The number of aromatic carboxylic acids is 1. The van der Waals surface area contributed by atoms with Gasteiger partial charge in [-0.15, -0.1) is 0 Å². The molecule has 0 radical (unpaired) electrons. The molecule has 2 aliphatic heterocycles. The van der Waals surface area contributed by atoms with Crippen LogP contribution in [-0.2, 0) is 0 Å². The minimum Gasteiger partial charge on any atom is -0.476 e. The Labute approximate surface area is 225 Å². The van der Waals surface area contributed by atoms with Crippen molar-refractivity contribution in [3.63, 3.8) is 0 Å². The highest BCUT2D eigenvalue weighted by Crippen LogP contribution is 2.43. The van der Waals surface area contributed by atoms with Crippen LogP contribution in [0.4, 0.5) is 18.0 Å². The van der Waals surface area contributed by atoms with Crippen LogP contribution in [0.1, 0.15) is 22.1 Å². The number of halogens is 4. The van der Waals surface area contributed by atoms with Crippen LogP contribution in [0.5, 0.6) is 0 Å². The van der Waals surface area contributed by atoms with Crippen molar-refractivity contribution < 1.29 is 27.9 Å². The molecule has 0 bridgehead atoms. The van der Waals surface area contributed by atoms with E-state index in [4.69, 9.17) is 16.7 Å². The lowest BCUT2D eigenvalue weighted by Gasteiger charge is -2.31. The van der Waals surface area contributed by atoms with Gasteiger partial charge in [0, 0.05) is 37.9 Å². The summed E-state index contributed by atoms with van der Waals surface area (Å²) < 4.78 is 45.8. The van der Waals surface area contributed by atoms with Gasteiger partial charge in [-0.3, -0.25) is 9.30 Å². The standard InChI is InChI=1S/C26H22ClF3N6O3/c27-19-14-36(32-22(19)24(37)38)25(39)34-12-17-10-33(11-18(17)13-34)23(26(28,29)30)16-6-4-15(5-7-16)20-9-31-21-3-1-2-8-35(20)21/h1-9,14,17-18,23H,10-13H2,(H,37,38). The average Bonchev–Trinajstić information content (AvgIpc) is 3.65. The van der Waals surface area contributed by atoms with Crippen molar-refractivity contribution in [2.75, 3.05) is 26.2 Å². The second-order valence-electron chi connectivity index (χ2n) is 9.88. The number of fused-ring (bicyclic) bond motifs is 2. The third-order valence-corrected chi connectivity index (χ3v) is 7.74. The zero-order chi connectivity index (χ0) is 27.5. The summed E-state index contributed by atoms with van der Waals surface area (Å²) in [7, 11) is 0. The second kappa shape index (κ2) is 9.38. The molecule has 9 nitrogen and oxygen atoms in total. The largest absolute Gasteiger partial charge is 0.476 e. The van der Waals surface area contributed by atoms with E-state index in [2.05, 4.69) is 10.1 Å². The first-order valence-electron chi connectivity index (χ1n) is 12.2. The predicted molar refractivity (Wildman–Crippen MR) is 135 cm³/mol. The Morgan fingerprint density at radius 2 is 1.72 bits per heavy atom. The number of pyridine rings is 1. The number of aromatic nitrogens is 4. The maximum atomic E-state index is 14.4. The summed E-state index contributed by atoms with van der Waals surface area (Å²) in [5.41, 5.74) is 2.01. The van der Waals surface area contributed by atoms with E-state index >= 15 is 0 Å². The SMILES string of the molecule is O=C(O)c1nn(C(=O)N2CC3CN(C(c4ccc(-c5cnc6ccccn56)cc4)C(F)(F)F)CC3C2)cc1Cl. The van der Waals surface area contributed by atoms with Crippen LogP contribution in [0.25, 0.3) is 16.9 Å². The molecule has 202 valence electrons. The summed E-state index contributed by atoms with van der Waals surface area (Å²) in [6.07, 6.45) is 0.190. The Balaban J connectivity index is 1.18. The molecule has 1 N–H and O–H groups in total. The van der Waals surface area contributed by atoms with Gasteiger partial charge in [0.2, 0.25) is 0 Å². The first kappa shape index (κ1) is 25.4. The fraction of sp³-hybridized carbons (Fsp3) is 0.308. The van der Waals surface area contributed by atoms with Gasteiger partial charge in [0.15, 0.2) is 5.69 Å². The first-order valence-corrected chi connectivity index (χ1v) is 12.6. The van der Waals surface area contributed by atoms with Crippen molar-refractivity contribution in [1.29, 1.82) is 0 Å². The molecule has 4 aromatic rings. The summed E-state index contributed by atoms with van der Waals surface area (Å²) in [6.45, 7) is 0.844. The molecule has 0 aliphatic carbocycles. The Kier molecular flexibility index (Phi) is 6.11. The van der Waals surface area contributed by atoms with Gasteiger partial charge in [-0.1, -0.05) is 41.9 Å². The van der Waals surface area contributed by atoms with E-state index in [1.807, 2.05) is 28.8 Å². The molecular weight excluding hydrogens is 537 g/mol. The summed E-state index contributed by atoms with van der Waals surface area (Å²) in [5, 5.41) is 12.7. The van der Waals surface area contributed by atoms with E-state index in [9.17, 15) is 22.8 Å². The van der Waals surface area contributed by atoms with Crippen LogP contribution in [0, 0.1) is 11.8 Å². The number of benzene rings is 1. The van der Waals surface area contributed by atoms with Gasteiger partial charge in [-0.25, -0.2) is 14.6 Å². The highest BCUT2D eigenvalue weighted by molar-refractivity contribution is 6.33. The van der Waals surface area contributed by atoms with Gasteiger partial charge >= 0.3 is 18.2 Å². The monoisotopic (exact) mass is 558 g/mol. The summed E-state index contributed by atoms with van der Waals surface area (Å²) >= 11 is 5.85. The van der Waals surface area contributed by atoms with Crippen molar-refractivity contribution in [3.8, 4) is 11.3 Å². The molecule has 3 unspecified atom stereocenters. The summed E-state index contributed by atoms with van der Waals surface area (Å²) in [4.78, 5) is 31.3. The molecule has 2 saturated heterocycles. The summed E-state index contributed by atoms with van der Waals surface area (Å²) in [5.74, 6) is -1.66. The van der Waals surface area contributed by atoms with Crippen LogP contribution in [0.3, 0.4) is 0 Å². The highest BCUT2D eigenvalue weighted by Gasteiger charge is 2.51. The third-order valence-electron chi connectivity index (χ3n) is 7.47. The molecular formula is C26H22ClF3N6O3. The molecule has 1 aromatic carbocycles. The van der Waals surface area contributed by atoms with Gasteiger partial charge in [-0.05, 0) is 29.5 Å². The van der Waals surface area contributed by atoms with Crippen molar-refractivity contribution in [2.45, 2.75) is 12.2 Å².